The molecular formula is C19H34O3SSn. The maximum Gasteiger partial charge on any atom is 0.0988 e. The van der Waals surface area contributed by atoms with Crippen molar-refractivity contribution in [3.8, 4) is 0 Å². The van der Waals surface area contributed by atoms with Crippen molar-refractivity contribution in [2.24, 2.45) is 0 Å². The van der Waals surface area contributed by atoms with Crippen LogP contribution in [0, 0.1) is 0 Å². The average molecular weight is 461 g/mol. The van der Waals surface area contributed by atoms with Crippen LogP contribution in [0.1, 0.15) is 64.9 Å². The summed E-state index contributed by atoms with van der Waals surface area (Å²) < 4.78 is 35.8. The first-order chi connectivity index (χ1) is 11.4. The molecule has 1 rings (SSSR count). The smallest absolute Gasteiger partial charge is 0.0988 e. The summed E-state index contributed by atoms with van der Waals surface area (Å²) >= 11 is -0.839. The predicted molar refractivity (Wildman–Crippen MR) is 105 cm³/mol. The van der Waals surface area contributed by atoms with Gasteiger partial charge in [-0.1, -0.05) is 30.3 Å². The van der Waals surface area contributed by atoms with Gasteiger partial charge in [-0.2, -0.15) is 0 Å². The average Bonchev–Trinajstić information content (AvgIpc) is 2.54. The maximum atomic E-state index is 10.2. The number of hydrogen-bond acceptors (Lipinski definition) is 3. The van der Waals surface area contributed by atoms with Crippen molar-refractivity contribution in [1.82, 2.24) is 0 Å². The van der Waals surface area contributed by atoms with E-state index < -0.39 is 35.6 Å². The Morgan fingerprint density at radius 2 is 1.25 bits per heavy atom. The Kier molecular flexibility index (Phi) is 15.2. The van der Waals surface area contributed by atoms with Gasteiger partial charge in [0.15, 0.2) is 0 Å². The standard InChI is InChI=1S/C7H8O3S.3C4H9.Sn/c8-11(9,10)6-7-4-2-1-3-5-7;3*1-3-4-2;/h1-5H,6H2,(H,8,9,10);3*1,3-4H2,2H3;/q;;;;+1/p-1. The third-order valence-electron chi connectivity index (χ3n) is 3.84. The molecule has 0 N–H and O–H groups in total. The van der Waals surface area contributed by atoms with E-state index in [1.807, 2.05) is 0 Å². The van der Waals surface area contributed by atoms with Crippen molar-refractivity contribution in [2.75, 3.05) is 0 Å². The molecule has 1 aromatic rings. The summed E-state index contributed by atoms with van der Waals surface area (Å²) in [6.07, 6.45) is 8.85. The van der Waals surface area contributed by atoms with E-state index in [1.165, 1.54) is 38.5 Å². The van der Waals surface area contributed by atoms with Gasteiger partial charge in [-0.3, -0.25) is 0 Å². The van der Waals surface area contributed by atoms with Gasteiger partial charge in [0.1, 0.15) is 0 Å². The molecule has 0 aliphatic heterocycles. The van der Waals surface area contributed by atoms with Crippen LogP contribution in [0.25, 0.3) is 0 Å². The van der Waals surface area contributed by atoms with Gasteiger partial charge < -0.3 is 4.55 Å². The van der Waals surface area contributed by atoms with Crippen LogP contribution in [0.4, 0.5) is 0 Å². The number of unbranched alkanes of at least 4 members (excludes halogenated alkanes) is 3. The predicted octanol–water partition coefficient (Wildman–Crippen LogP) is 5.61. The van der Waals surface area contributed by atoms with E-state index in [4.69, 9.17) is 0 Å². The zero-order valence-corrected chi connectivity index (χ0v) is 19.3. The summed E-state index contributed by atoms with van der Waals surface area (Å²) in [5, 5.41) is 0. The van der Waals surface area contributed by atoms with Crippen molar-refractivity contribution in [2.45, 2.75) is 78.4 Å². The largest absolute Gasteiger partial charge is 0.748 e. The third-order valence-corrected chi connectivity index (χ3v) is 13.6. The van der Waals surface area contributed by atoms with Crippen LogP contribution < -0.4 is 0 Å². The van der Waals surface area contributed by atoms with Gasteiger partial charge >= 0.3 is 92.4 Å². The fourth-order valence-electron chi connectivity index (χ4n) is 2.43. The van der Waals surface area contributed by atoms with Gasteiger partial charge in [-0.05, 0) is 5.56 Å². The van der Waals surface area contributed by atoms with Crippen LogP contribution in [0.5, 0.6) is 0 Å². The van der Waals surface area contributed by atoms with E-state index >= 15 is 0 Å². The van der Waals surface area contributed by atoms with Crippen LogP contribution in [0.15, 0.2) is 30.3 Å². The molecule has 3 nitrogen and oxygen atoms in total. The van der Waals surface area contributed by atoms with Crippen molar-refractivity contribution in [3.05, 3.63) is 35.9 Å². The molecule has 0 radical (unpaired) electrons. The monoisotopic (exact) mass is 462 g/mol. The van der Waals surface area contributed by atoms with Crippen LogP contribution in [-0.2, 0) is 15.9 Å². The van der Waals surface area contributed by atoms with E-state index in [1.54, 1.807) is 43.6 Å². The van der Waals surface area contributed by atoms with E-state index in [2.05, 4.69) is 20.8 Å². The molecule has 0 amide bonds. The summed E-state index contributed by atoms with van der Waals surface area (Å²) in [5.41, 5.74) is 0.530. The van der Waals surface area contributed by atoms with Crippen LogP contribution in [-0.4, -0.2) is 32.7 Å². The molecule has 0 fully saturated rings. The molecular weight excluding hydrogens is 427 g/mol. The van der Waals surface area contributed by atoms with Crippen LogP contribution in [0.3, 0.4) is 0 Å². The van der Waals surface area contributed by atoms with E-state index in [9.17, 15) is 13.0 Å². The number of hydrogen-bond donors (Lipinski definition) is 0. The molecule has 0 saturated heterocycles. The molecule has 0 unspecified atom stereocenters. The Morgan fingerprint density at radius 3 is 1.58 bits per heavy atom. The zero-order chi connectivity index (χ0) is 18.3. The van der Waals surface area contributed by atoms with Crippen molar-refractivity contribution < 1.29 is 13.0 Å². The molecule has 0 atom stereocenters. The number of benzene rings is 1. The van der Waals surface area contributed by atoms with E-state index in [-0.39, 0.29) is 0 Å². The normalized spacial score (nSPS) is 10.8. The second kappa shape index (κ2) is 15.2. The Balaban J connectivity index is 0.000000446. The molecule has 138 valence electrons. The zero-order valence-electron chi connectivity index (χ0n) is 15.6. The fraction of sp³-hybridized carbons (Fsp3) is 0.684. The summed E-state index contributed by atoms with van der Waals surface area (Å²) in [6, 6.07) is 8.37. The van der Waals surface area contributed by atoms with Gasteiger partial charge in [0.2, 0.25) is 0 Å². The molecule has 5 heteroatoms. The molecule has 0 heterocycles. The Hall–Kier alpha value is -0.0713. The fourth-order valence-corrected chi connectivity index (χ4v) is 12.5. The molecule has 0 saturated carbocycles. The Bertz CT molecular complexity index is 470. The molecule has 0 spiro atoms. The molecule has 1 aromatic carbocycles. The van der Waals surface area contributed by atoms with E-state index in [0.29, 0.717) is 5.56 Å². The molecule has 0 aliphatic rings. The maximum absolute atomic E-state index is 10.2. The second-order valence-corrected chi connectivity index (χ2v) is 16.2. The summed E-state index contributed by atoms with van der Waals surface area (Å²) in [5.74, 6) is -0.423. The summed E-state index contributed by atoms with van der Waals surface area (Å²) in [6.45, 7) is 7.00. The van der Waals surface area contributed by atoms with Crippen LogP contribution >= 0.6 is 0 Å². The van der Waals surface area contributed by atoms with Crippen molar-refractivity contribution in [1.29, 1.82) is 0 Å². The topological polar surface area (TPSA) is 57.2 Å². The van der Waals surface area contributed by atoms with Crippen molar-refractivity contribution in [3.63, 3.8) is 0 Å². The number of rotatable bonds is 11. The van der Waals surface area contributed by atoms with Gasteiger partial charge in [0.05, 0.1) is 15.9 Å². The van der Waals surface area contributed by atoms with Crippen molar-refractivity contribution >= 4 is 29.9 Å². The Labute approximate surface area is 156 Å². The first kappa shape index (κ1) is 23.9. The summed E-state index contributed by atoms with van der Waals surface area (Å²) in [4.78, 5) is 0. The van der Waals surface area contributed by atoms with Gasteiger partial charge in [0, 0.05) is 0 Å². The third kappa shape index (κ3) is 15.5. The minimum absolute atomic E-state index is 0.423. The minimum Gasteiger partial charge on any atom is -0.748 e. The first-order valence-corrected chi connectivity index (χ1v) is 16.9. The quantitative estimate of drug-likeness (QED) is 0.318. The summed E-state index contributed by atoms with van der Waals surface area (Å²) in [7, 11) is -4.13. The molecule has 24 heavy (non-hydrogen) atoms. The SMILES string of the molecule is CCC[CH2][Sn+]([CH2]CCC)[CH2]CCC.O=S(=O)([O-])Cc1ccccc1. The second-order valence-electron chi connectivity index (χ2n) is 6.25. The molecule has 0 aromatic heterocycles. The van der Waals surface area contributed by atoms with Gasteiger partial charge in [-0.15, -0.1) is 0 Å². The molecule has 0 aliphatic carbocycles. The van der Waals surface area contributed by atoms with Crippen LogP contribution in [0.2, 0.25) is 13.3 Å². The first-order valence-electron chi connectivity index (χ1n) is 9.23. The Morgan fingerprint density at radius 1 is 0.833 bits per heavy atom. The minimum atomic E-state index is -4.13. The molecule has 0 bridgehead atoms. The van der Waals surface area contributed by atoms with Gasteiger partial charge in [-0.25, -0.2) is 8.42 Å². The van der Waals surface area contributed by atoms with Gasteiger partial charge in [0.25, 0.3) is 0 Å². The van der Waals surface area contributed by atoms with E-state index in [0.717, 1.165) is 0 Å².